The van der Waals surface area contributed by atoms with Crippen LogP contribution in [0.5, 0.6) is 0 Å². The summed E-state index contributed by atoms with van der Waals surface area (Å²) in [5.74, 6) is 0. The van der Waals surface area contributed by atoms with E-state index in [9.17, 15) is 5.02 Å². The molecule has 0 spiro atoms. The van der Waals surface area contributed by atoms with Gasteiger partial charge in [-0.15, -0.1) is 0 Å². The first kappa shape index (κ1) is 10.3. The van der Waals surface area contributed by atoms with Gasteiger partial charge in [0.05, 0.1) is 0 Å². The van der Waals surface area contributed by atoms with E-state index in [1.54, 1.807) is 0 Å². The number of rotatable bonds is 2. The fourth-order valence-corrected chi connectivity index (χ4v) is 1.70. The molecule has 0 amide bonds. The summed E-state index contributed by atoms with van der Waals surface area (Å²) in [4.78, 5) is 0. The monoisotopic (exact) mass is 178 g/mol. The minimum atomic E-state index is -0.805. The maximum absolute atomic E-state index is 9.56. The van der Waals surface area contributed by atoms with Crippen LogP contribution in [0.15, 0.2) is 12.1 Å². The van der Waals surface area contributed by atoms with E-state index in [0.717, 1.165) is 16.6 Å². The van der Waals surface area contributed by atoms with Crippen molar-refractivity contribution in [1.29, 1.82) is 0 Å². The minimum absolute atomic E-state index is 0.805. The topological polar surface area (TPSA) is 29.5 Å². The summed E-state index contributed by atoms with van der Waals surface area (Å²) in [6.45, 7) is 6.01. The Balaban J connectivity index is 3.20. The highest BCUT2D eigenvalue weighted by Gasteiger charge is 2.19. The SMILES string of the molecule is COB(O)c1c(C)cc(C)cc1C. The molecule has 0 radical (unpaired) electrons. The van der Waals surface area contributed by atoms with Gasteiger partial charge in [-0.25, -0.2) is 0 Å². The lowest BCUT2D eigenvalue weighted by atomic mass is 9.73. The van der Waals surface area contributed by atoms with Gasteiger partial charge in [0.15, 0.2) is 0 Å². The largest absolute Gasteiger partial charge is 0.491 e. The van der Waals surface area contributed by atoms with Gasteiger partial charge in [-0.1, -0.05) is 28.8 Å². The fraction of sp³-hybridized carbons (Fsp3) is 0.400. The van der Waals surface area contributed by atoms with Crippen molar-refractivity contribution >= 4 is 12.6 Å². The Morgan fingerprint density at radius 2 is 1.62 bits per heavy atom. The minimum Gasteiger partial charge on any atom is -0.423 e. The van der Waals surface area contributed by atoms with Crippen LogP contribution in [0.1, 0.15) is 16.7 Å². The second kappa shape index (κ2) is 3.94. The van der Waals surface area contributed by atoms with Gasteiger partial charge >= 0.3 is 7.12 Å². The van der Waals surface area contributed by atoms with Gasteiger partial charge in [0.1, 0.15) is 0 Å². The zero-order chi connectivity index (χ0) is 10.0. The van der Waals surface area contributed by atoms with Crippen molar-refractivity contribution in [3.63, 3.8) is 0 Å². The third-order valence-corrected chi connectivity index (χ3v) is 2.21. The number of hydrogen-bond donors (Lipinski definition) is 1. The Bertz CT molecular complexity index is 287. The van der Waals surface area contributed by atoms with Crippen LogP contribution in [0.25, 0.3) is 0 Å². The number of benzene rings is 1. The van der Waals surface area contributed by atoms with E-state index in [2.05, 4.69) is 0 Å². The highest BCUT2D eigenvalue weighted by atomic mass is 16.5. The smallest absolute Gasteiger partial charge is 0.423 e. The molecule has 0 bridgehead atoms. The molecule has 0 aliphatic carbocycles. The van der Waals surface area contributed by atoms with Crippen LogP contribution in [0, 0.1) is 20.8 Å². The summed E-state index contributed by atoms with van der Waals surface area (Å²) < 4.78 is 4.89. The van der Waals surface area contributed by atoms with E-state index in [-0.39, 0.29) is 0 Å². The van der Waals surface area contributed by atoms with E-state index < -0.39 is 7.12 Å². The average Bonchev–Trinajstić information content (AvgIpc) is 2.02. The summed E-state index contributed by atoms with van der Waals surface area (Å²) in [6, 6.07) is 4.09. The molecule has 0 saturated heterocycles. The predicted octanol–water partition coefficient (Wildman–Crippen LogP) is 0.946. The van der Waals surface area contributed by atoms with Gasteiger partial charge in [0, 0.05) is 7.11 Å². The van der Waals surface area contributed by atoms with Crippen molar-refractivity contribution in [2.24, 2.45) is 0 Å². The van der Waals surface area contributed by atoms with Gasteiger partial charge in [0.2, 0.25) is 0 Å². The number of aryl methyl sites for hydroxylation is 3. The zero-order valence-corrected chi connectivity index (χ0v) is 8.59. The van der Waals surface area contributed by atoms with E-state index >= 15 is 0 Å². The van der Waals surface area contributed by atoms with Crippen LogP contribution < -0.4 is 5.46 Å². The molecule has 1 N–H and O–H groups in total. The summed E-state index contributed by atoms with van der Waals surface area (Å²) >= 11 is 0. The first-order valence-corrected chi connectivity index (χ1v) is 4.35. The van der Waals surface area contributed by atoms with Crippen LogP contribution in [-0.4, -0.2) is 19.3 Å². The molecule has 70 valence electrons. The molecule has 13 heavy (non-hydrogen) atoms. The van der Waals surface area contributed by atoms with Crippen LogP contribution in [0.4, 0.5) is 0 Å². The molecule has 0 aliphatic heterocycles. The van der Waals surface area contributed by atoms with Crippen molar-refractivity contribution in [2.45, 2.75) is 20.8 Å². The molecule has 1 aromatic rings. The van der Waals surface area contributed by atoms with Crippen LogP contribution in [-0.2, 0) is 4.65 Å². The third-order valence-electron chi connectivity index (χ3n) is 2.21. The predicted molar refractivity (Wildman–Crippen MR) is 55.3 cm³/mol. The molecule has 0 aliphatic rings. The van der Waals surface area contributed by atoms with Crippen molar-refractivity contribution in [3.8, 4) is 0 Å². The van der Waals surface area contributed by atoms with Gasteiger partial charge in [0.25, 0.3) is 0 Å². The fourth-order valence-electron chi connectivity index (χ4n) is 1.70. The third kappa shape index (κ3) is 2.11. The summed E-state index contributed by atoms with van der Waals surface area (Å²) in [6.07, 6.45) is 0. The van der Waals surface area contributed by atoms with Crippen molar-refractivity contribution in [2.75, 3.05) is 7.11 Å². The van der Waals surface area contributed by atoms with E-state index in [4.69, 9.17) is 4.65 Å². The second-order valence-corrected chi connectivity index (χ2v) is 3.40. The molecule has 0 unspecified atom stereocenters. The average molecular weight is 178 g/mol. The van der Waals surface area contributed by atoms with Crippen LogP contribution >= 0.6 is 0 Å². The molecule has 2 nitrogen and oxygen atoms in total. The normalized spacial score (nSPS) is 10.2. The second-order valence-electron chi connectivity index (χ2n) is 3.40. The van der Waals surface area contributed by atoms with Gasteiger partial charge in [-0.3, -0.25) is 0 Å². The van der Waals surface area contributed by atoms with Crippen LogP contribution in [0.2, 0.25) is 0 Å². The molecular weight excluding hydrogens is 163 g/mol. The maximum Gasteiger partial charge on any atom is 0.491 e. The lowest BCUT2D eigenvalue weighted by molar-refractivity contribution is 0.341. The Labute approximate surface area is 79.7 Å². The molecule has 1 aromatic carbocycles. The van der Waals surface area contributed by atoms with Gasteiger partial charge in [-0.05, 0) is 26.2 Å². The van der Waals surface area contributed by atoms with Crippen molar-refractivity contribution < 1.29 is 9.68 Å². The molecule has 0 heterocycles. The lowest BCUT2D eigenvalue weighted by Gasteiger charge is -2.12. The highest BCUT2D eigenvalue weighted by molar-refractivity contribution is 6.61. The molecule has 0 fully saturated rings. The van der Waals surface area contributed by atoms with E-state index in [1.165, 1.54) is 12.7 Å². The molecule has 3 heteroatoms. The molecule has 1 rings (SSSR count). The molecule has 0 saturated carbocycles. The van der Waals surface area contributed by atoms with E-state index in [1.807, 2.05) is 32.9 Å². The Morgan fingerprint density at radius 1 is 1.15 bits per heavy atom. The Hall–Kier alpha value is -0.795. The zero-order valence-electron chi connectivity index (χ0n) is 8.59. The van der Waals surface area contributed by atoms with E-state index in [0.29, 0.717) is 0 Å². The molecular formula is C10H15BO2. The first-order valence-electron chi connectivity index (χ1n) is 4.35. The summed E-state index contributed by atoms with van der Waals surface area (Å²) in [5, 5.41) is 9.56. The Kier molecular flexibility index (Phi) is 3.12. The quantitative estimate of drug-likeness (QED) is 0.683. The number of hydrogen-bond acceptors (Lipinski definition) is 2. The lowest BCUT2D eigenvalue weighted by Crippen LogP contribution is -2.36. The maximum atomic E-state index is 9.56. The van der Waals surface area contributed by atoms with Crippen molar-refractivity contribution in [3.05, 3.63) is 28.8 Å². The van der Waals surface area contributed by atoms with Gasteiger partial charge in [-0.2, -0.15) is 0 Å². The van der Waals surface area contributed by atoms with Gasteiger partial charge < -0.3 is 9.68 Å². The molecule has 0 aromatic heterocycles. The Morgan fingerprint density at radius 3 is 2.00 bits per heavy atom. The molecule has 0 atom stereocenters. The first-order chi connectivity index (χ1) is 6.06. The summed E-state index contributed by atoms with van der Waals surface area (Å²) in [7, 11) is 0.698. The summed E-state index contributed by atoms with van der Waals surface area (Å²) in [5.41, 5.74) is 4.24. The standard InChI is InChI=1S/C10H15BO2/c1-7-5-8(2)10(9(3)6-7)11(12)13-4/h5-6,12H,1-4H3. The van der Waals surface area contributed by atoms with Crippen LogP contribution in [0.3, 0.4) is 0 Å². The van der Waals surface area contributed by atoms with Crippen molar-refractivity contribution in [1.82, 2.24) is 0 Å². The highest BCUT2D eigenvalue weighted by Crippen LogP contribution is 2.06.